The molecular weight excluding hydrogens is 324 g/mol. The van der Waals surface area contributed by atoms with Gasteiger partial charge in [-0.3, -0.25) is 4.79 Å². The van der Waals surface area contributed by atoms with Gasteiger partial charge in [-0.1, -0.05) is 15.9 Å². The Labute approximate surface area is 127 Å². The van der Waals surface area contributed by atoms with Crippen molar-refractivity contribution < 1.29 is 14.3 Å². The van der Waals surface area contributed by atoms with Crippen molar-refractivity contribution in [3.63, 3.8) is 0 Å². The number of nitrogens with zero attached hydrogens (tertiary/aromatic N) is 1. The van der Waals surface area contributed by atoms with Crippen LogP contribution in [0.2, 0.25) is 0 Å². The second kappa shape index (κ2) is 6.56. The molecular formula is C14H19BrN2O3. The van der Waals surface area contributed by atoms with Crippen LogP contribution < -0.4 is 10.5 Å². The summed E-state index contributed by atoms with van der Waals surface area (Å²) >= 11 is 3.43. The highest BCUT2D eigenvalue weighted by Gasteiger charge is 2.33. The summed E-state index contributed by atoms with van der Waals surface area (Å²) in [6.07, 6.45) is 0. The van der Waals surface area contributed by atoms with Crippen LogP contribution >= 0.6 is 15.9 Å². The Bertz CT molecular complexity index is 495. The summed E-state index contributed by atoms with van der Waals surface area (Å²) in [5.41, 5.74) is 6.84. The van der Waals surface area contributed by atoms with Crippen LogP contribution in [0.4, 0.5) is 0 Å². The van der Waals surface area contributed by atoms with E-state index in [1.807, 2.05) is 18.2 Å². The first-order chi connectivity index (χ1) is 9.52. The van der Waals surface area contributed by atoms with Crippen LogP contribution in [0.25, 0.3) is 0 Å². The number of nitrogens with two attached hydrogens (primary N) is 1. The van der Waals surface area contributed by atoms with Gasteiger partial charge in [0.05, 0.1) is 26.2 Å². The van der Waals surface area contributed by atoms with Crippen molar-refractivity contribution in [2.75, 3.05) is 27.4 Å². The Hall–Kier alpha value is -1.11. The molecule has 2 atom stereocenters. The van der Waals surface area contributed by atoms with Crippen LogP contribution in [0.5, 0.6) is 5.75 Å². The number of methoxy groups -OCH3 is 1. The Morgan fingerprint density at radius 2 is 2.30 bits per heavy atom. The van der Waals surface area contributed by atoms with E-state index in [1.54, 1.807) is 19.1 Å². The average molecular weight is 343 g/mol. The maximum atomic E-state index is 12.4. The van der Waals surface area contributed by atoms with E-state index in [4.69, 9.17) is 15.2 Å². The molecule has 0 saturated carbocycles. The molecule has 110 valence electrons. The Balaban J connectivity index is 2.09. The van der Waals surface area contributed by atoms with E-state index in [9.17, 15) is 4.79 Å². The Kier molecular flexibility index (Phi) is 5.01. The Morgan fingerprint density at radius 3 is 2.90 bits per heavy atom. The minimum atomic E-state index is -0.252. The molecule has 2 N–H and O–H groups in total. The second-order valence-corrected chi connectivity index (χ2v) is 5.87. The van der Waals surface area contributed by atoms with Crippen LogP contribution in [-0.2, 0) is 16.1 Å². The number of rotatable bonds is 4. The van der Waals surface area contributed by atoms with Gasteiger partial charge in [0, 0.05) is 29.7 Å². The topological polar surface area (TPSA) is 64.8 Å². The van der Waals surface area contributed by atoms with Gasteiger partial charge in [0.15, 0.2) is 0 Å². The minimum Gasteiger partial charge on any atom is -0.496 e. The molecule has 1 heterocycles. The fourth-order valence-electron chi connectivity index (χ4n) is 2.31. The van der Waals surface area contributed by atoms with E-state index < -0.39 is 0 Å². The summed E-state index contributed by atoms with van der Waals surface area (Å²) < 4.78 is 11.5. The first kappa shape index (κ1) is 15.3. The van der Waals surface area contributed by atoms with Crippen LogP contribution in [-0.4, -0.2) is 44.2 Å². The average Bonchev–Trinajstić information content (AvgIpc) is 2.84. The number of carbonyl (C=O) groups excluding carboxylic acids is 1. The molecule has 20 heavy (non-hydrogen) atoms. The lowest BCUT2D eigenvalue weighted by Crippen LogP contribution is -2.41. The molecule has 2 rings (SSSR count). The van der Waals surface area contributed by atoms with Crippen molar-refractivity contribution >= 4 is 21.8 Å². The fraction of sp³-hybridized carbons (Fsp3) is 0.500. The zero-order chi connectivity index (χ0) is 14.7. The number of ether oxygens (including phenoxy) is 2. The molecule has 0 radical (unpaired) electrons. The van der Waals surface area contributed by atoms with E-state index in [-0.39, 0.29) is 17.9 Å². The van der Waals surface area contributed by atoms with Gasteiger partial charge in [0.25, 0.3) is 0 Å². The van der Waals surface area contributed by atoms with Crippen molar-refractivity contribution in [3.8, 4) is 5.75 Å². The predicted octanol–water partition coefficient (Wildman–Crippen LogP) is 1.39. The third-order valence-corrected chi connectivity index (χ3v) is 3.96. The third kappa shape index (κ3) is 3.31. The maximum absolute atomic E-state index is 12.4. The zero-order valence-corrected chi connectivity index (χ0v) is 13.2. The summed E-state index contributed by atoms with van der Waals surface area (Å²) in [7, 11) is 3.39. The van der Waals surface area contributed by atoms with Gasteiger partial charge < -0.3 is 20.1 Å². The van der Waals surface area contributed by atoms with Crippen LogP contribution in [0, 0.1) is 5.92 Å². The summed E-state index contributed by atoms with van der Waals surface area (Å²) in [4.78, 5) is 14.0. The van der Waals surface area contributed by atoms with Crippen molar-refractivity contribution in [2.45, 2.75) is 12.6 Å². The lowest BCUT2D eigenvalue weighted by molar-refractivity contribution is -0.135. The minimum absolute atomic E-state index is 0.0111. The van der Waals surface area contributed by atoms with Gasteiger partial charge in [0.1, 0.15) is 5.75 Å². The van der Waals surface area contributed by atoms with Crippen LogP contribution in [0.15, 0.2) is 22.7 Å². The standard InChI is InChI=1S/C14H19BrN2O3/c1-17(14(18)11-7-20-8-12(11)16)6-9-5-10(15)3-4-13(9)19-2/h3-5,11-12H,6-8,16H2,1-2H3. The lowest BCUT2D eigenvalue weighted by atomic mass is 10.0. The number of benzene rings is 1. The van der Waals surface area contributed by atoms with E-state index in [0.29, 0.717) is 19.8 Å². The molecule has 0 aliphatic carbocycles. The van der Waals surface area contributed by atoms with Crippen molar-refractivity contribution in [1.29, 1.82) is 0 Å². The zero-order valence-electron chi connectivity index (χ0n) is 11.6. The molecule has 1 amide bonds. The van der Waals surface area contributed by atoms with E-state index in [1.165, 1.54) is 0 Å². The molecule has 0 spiro atoms. The number of hydrogen-bond donors (Lipinski definition) is 1. The molecule has 1 aliphatic heterocycles. The van der Waals surface area contributed by atoms with Crippen molar-refractivity contribution in [3.05, 3.63) is 28.2 Å². The molecule has 5 nitrogen and oxygen atoms in total. The smallest absolute Gasteiger partial charge is 0.229 e. The highest BCUT2D eigenvalue weighted by molar-refractivity contribution is 9.10. The van der Waals surface area contributed by atoms with E-state index >= 15 is 0 Å². The fourth-order valence-corrected chi connectivity index (χ4v) is 2.72. The highest BCUT2D eigenvalue weighted by Crippen LogP contribution is 2.25. The van der Waals surface area contributed by atoms with Crippen LogP contribution in [0.1, 0.15) is 5.56 Å². The molecule has 0 bridgehead atoms. The van der Waals surface area contributed by atoms with Gasteiger partial charge in [-0.15, -0.1) is 0 Å². The van der Waals surface area contributed by atoms with E-state index in [0.717, 1.165) is 15.8 Å². The molecule has 1 fully saturated rings. The summed E-state index contributed by atoms with van der Waals surface area (Å²) in [5.74, 6) is 0.523. The Morgan fingerprint density at radius 1 is 1.55 bits per heavy atom. The number of carbonyl (C=O) groups is 1. The monoisotopic (exact) mass is 342 g/mol. The first-order valence-electron chi connectivity index (χ1n) is 6.43. The second-order valence-electron chi connectivity index (χ2n) is 4.96. The quantitative estimate of drug-likeness (QED) is 0.897. The first-order valence-corrected chi connectivity index (χ1v) is 7.23. The molecule has 1 saturated heterocycles. The van der Waals surface area contributed by atoms with E-state index in [2.05, 4.69) is 15.9 Å². The molecule has 1 aromatic rings. The molecule has 1 aliphatic rings. The third-order valence-electron chi connectivity index (χ3n) is 3.47. The van der Waals surface area contributed by atoms with Gasteiger partial charge >= 0.3 is 0 Å². The maximum Gasteiger partial charge on any atom is 0.229 e. The number of amides is 1. The van der Waals surface area contributed by atoms with Gasteiger partial charge in [0.2, 0.25) is 5.91 Å². The lowest BCUT2D eigenvalue weighted by Gasteiger charge is -2.23. The normalized spacial score (nSPS) is 21.8. The van der Waals surface area contributed by atoms with Crippen molar-refractivity contribution in [1.82, 2.24) is 4.90 Å². The summed E-state index contributed by atoms with van der Waals surface area (Å²) in [6, 6.07) is 5.52. The highest BCUT2D eigenvalue weighted by atomic mass is 79.9. The largest absolute Gasteiger partial charge is 0.496 e. The SMILES string of the molecule is COc1ccc(Br)cc1CN(C)C(=O)C1COCC1N. The predicted molar refractivity (Wildman–Crippen MR) is 79.5 cm³/mol. The summed E-state index contributed by atoms with van der Waals surface area (Å²) in [6.45, 7) is 1.33. The molecule has 2 unspecified atom stereocenters. The van der Waals surface area contributed by atoms with Crippen molar-refractivity contribution in [2.24, 2.45) is 11.7 Å². The van der Waals surface area contributed by atoms with Crippen LogP contribution in [0.3, 0.4) is 0 Å². The van der Waals surface area contributed by atoms with Gasteiger partial charge in [-0.05, 0) is 18.2 Å². The van der Waals surface area contributed by atoms with Gasteiger partial charge in [-0.25, -0.2) is 0 Å². The summed E-state index contributed by atoms with van der Waals surface area (Å²) in [5, 5.41) is 0. The molecule has 0 aromatic heterocycles. The number of halogens is 1. The van der Waals surface area contributed by atoms with Gasteiger partial charge in [-0.2, -0.15) is 0 Å². The molecule has 6 heteroatoms. The molecule has 1 aromatic carbocycles. The number of hydrogen-bond acceptors (Lipinski definition) is 4.